The highest BCUT2D eigenvalue weighted by molar-refractivity contribution is 7.25. The summed E-state index contributed by atoms with van der Waals surface area (Å²) in [5.74, 6) is 0.574. The van der Waals surface area contributed by atoms with Crippen LogP contribution in [0.3, 0.4) is 0 Å². The van der Waals surface area contributed by atoms with Crippen molar-refractivity contribution in [1.29, 1.82) is 0 Å². The molecule has 0 radical (unpaired) electrons. The Morgan fingerprint density at radius 2 is 1.18 bits per heavy atom. The van der Waals surface area contributed by atoms with Gasteiger partial charge >= 0.3 is 0 Å². The van der Waals surface area contributed by atoms with Crippen molar-refractivity contribution in [2.75, 3.05) is 0 Å². The summed E-state index contributed by atoms with van der Waals surface area (Å²) in [5, 5.41) is 6.20. The van der Waals surface area contributed by atoms with Crippen molar-refractivity contribution in [3.8, 4) is 39.9 Å². The van der Waals surface area contributed by atoms with E-state index < -0.39 is 18.1 Å². The van der Waals surface area contributed by atoms with Gasteiger partial charge in [-0.15, -0.1) is 11.3 Å². The molecule has 11 aromatic rings. The molecule has 0 bridgehead atoms. The van der Waals surface area contributed by atoms with Crippen LogP contribution >= 0.6 is 11.3 Å². The molecule has 0 aliphatic carbocycles. The van der Waals surface area contributed by atoms with Crippen LogP contribution in [0.25, 0.3) is 104 Å². The fourth-order valence-corrected chi connectivity index (χ4v) is 8.49. The van der Waals surface area contributed by atoms with Gasteiger partial charge in [0, 0.05) is 58.4 Å². The summed E-state index contributed by atoms with van der Waals surface area (Å²) >= 11 is 1.67. The lowest BCUT2D eigenvalue weighted by atomic mass is 10.0. The first-order chi connectivity index (χ1) is 27.4. The largest absolute Gasteiger partial charge is 0.454 e. The number of hydrogen-bond donors (Lipinski definition) is 0. The summed E-state index contributed by atoms with van der Waals surface area (Å²) in [6.07, 6.45) is 0. The highest BCUT2D eigenvalue weighted by Crippen LogP contribution is 2.42. The van der Waals surface area contributed by atoms with E-state index in [4.69, 9.17) is 26.2 Å². The van der Waals surface area contributed by atoms with E-state index in [1.807, 2.05) is 66.7 Å². The minimum Gasteiger partial charge on any atom is -0.454 e. The van der Waals surface area contributed by atoms with E-state index in [-0.39, 0.29) is 29.3 Å². The molecule has 5 nitrogen and oxygen atoms in total. The lowest BCUT2D eigenvalue weighted by Gasteiger charge is -2.10. The van der Waals surface area contributed by atoms with Crippen molar-refractivity contribution in [3.05, 3.63) is 158 Å². The maximum Gasteiger partial charge on any atom is 0.164 e. The molecule has 11 rings (SSSR count). The molecule has 0 atom stereocenters. The van der Waals surface area contributed by atoms with Crippen molar-refractivity contribution in [2.45, 2.75) is 0 Å². The second kappa shape index (κ2) is 10.9. The van der Waals surface area contributed by atoms with Crippen molar-refractivity contribution >= 4 is 75.3 Å². The molecule has 0 saturated heterocycles. The normalized spacial score (nSPS) is 13.3. The van der Waals surface area contributed by atoms with Gasteiger partial charge in [0.25, 0.3) is 0 Å². The molecule has 0 N–H and O–H groups in total. The van der Waals surface area contributed by atoms with Gasteiger partial charge < -0.3 is 8.98 Å². The Labute approximate surface area is 302 Å². The summed E-state index contributed by atoms with van der Waals surface area (Å²) in [6, 6.07) is 40.6. The Hall–Kier alpha value is -6.63. The first kappa shape index (κ1) is 23.7. The average Bonchev–Trinajstić information content (AvgIpc) is 3.91. The molecule has 238 valence electrons. The summed E-state index contributed by atoms with van der Waals surface area (Å²) < 4.78 is 53.9. The Balaban J connectivity index is 1.18. The van der Waals surface area contributed by atoms with E-state index in [1.165, 1.54) is 0 Å². The number of hydrogen-bond acceptors (Lipinski definition) is 5. The molecule has 6 heteroatoms. The fourth-order valence-electron chi connectivity index (χ4n) is 7.34. The van der Waals surface area contributed by atoms with Gasteiger partial charge in [-0.3, -0.25) is 0 Å². The summed E-state index contributed by atoms with van der Waals surface area (Å²) in [6.45, 7) is 0. The van der Waals surface area contributed by atoms with Crippen LogP contribution in [-0.2, 0) is 0 Å². The Morgan fingerprint density at radius 3 is 1.98 bits per heavy atom. The zero-order chi connectivity index (χ0) is 37.8. The zero-order valence-electron chi connectivity index (χ0n) is 31.7. The zero-order valence-corrected chi connectivity index (χ0v) is 27.5. The van der Waals surface area contributed by atoms with Gasteiger partial charge in [0.05, 0.1) is 23.6 Å². The van der Waals surface area contributed by atoms with Crippen LogP contribution in [0.4, 0.5) is 0 Å². The van der Waals surface area contributed by atoms with Gasteiger partial charge in [-0.1, -0.05) is 121 Å². The van der Waals surface area contributed by atoms with Crippen LogP contribution in [-0.4, -0.2) is 19.5 Å². The third-order valence-corrected chi connectivity index (χ3v) is 10.7. The third-order valence-electron chi connectivity index (χ3n) is 9.56. The van der Waals surface area contributed by atoms with Crippen LogP contribution < -0.4 is 0 Å². The van der Waals surface area contributed by atoms with Crippen LogP contribution in [0.2, 0.25) is 0 Å². The second-order valence-corrected chi connectivity index (χ2v) is 13.5. The van der Waals surface area contributed by atoms with Gasteiger partial charge in [0.2, 0.25) is 0 Å². The van der Waals surface area contributed by atoms with Crippen LogP contribution in [0.15, 0.2) is 162 Å². The highest BCUT2D eigenvalue weighted by Gasteiger charge is 2.21. The molecule has 0 saturated carbocycles. The topological polar surface area (TPSA) is 56.7 Å². The lowest BCUT2D eigenvalue weighted by molar-refractivity contribution is 0.666. The van der Waals surface area contributed by atoms with E-state index in [2.05, 4.69) is 65.2 Å². The van der Waals surface area contributed by atoms with Crippen molar-refractivity contribution in [2.24, 2.45) is 0 Å². The molecule has 4 aromatic heterocycles. The first-order valence-electron chi connectivity index (χ1n) is 19.0. The summed E-state index contributed by atoms with van der Waals surface area (Å²) in [5.41, 5.74) is 5.59. The maximum absolute atomic E-state index is 8.83. The predicted octanol–water partition coefficient (Wildman–Crippen LogP) is 12.2. The SMILES string of the molecule is [2H]c1c([2H])c([2H])c(-c2nc(-c3ccc4c(c3)sc3ccccc34)nc(-c3cccc4oc5c(-n6c7ccccc7c7ccccc76)cccc5c34)n2)c([2H])c1[2H]. The smallest absolute Gasteiger partial charge is 0.164 e. The van der Waals surface area contributed by atoms with Crippen LogP contribution in [0, 0.1) is 0 Å². The van der Waals surface area contributed by atoms with Crippen molar-refractivity contribution in [3.63, 3.8) is 0 Å². The van der Waals surface area contributed by atoms with Crippen LogP contribution in [0.1, 0.15) is 6.85 Å². The molecule has 0 aliphatic rings. The minimum absolute atomic E-state index is 0.0192. The van der Waals surface area contributed by atoms with E-state index in [0.717, 1.165) is 58.4 Å². The molecule has 0 aliphatic heterocycles. The summed E-state index contributed by atoms with van der Waals surface area (Å²) in [4.78, 5) is 14.8. The van der Waals surface area contributed by atoms with E-state index in [9.17, 15) is 0 Å². The van der Waals surface area contributed by atoms with Gasteiger partial charge in [0.15, 0.2) is 23.1 Å². The number of fused-ring (bicyclic) bond motifs is 9. The monoisotopic (exact) mass is 675 g/mol. The predicted molar refractivity (Wildman–Crippen MR) is 211 cm³/mol. The molecule has 7 aromatic carbocycles. The molecule has 0 unspecified atom stereocenters. The molecule has 0 fully saturated rings. The van der Waals surface area contributed by atoms with Crippen LogP contribution in [0.5, 0.6) is 0 Å². The van der Waals surface area contributed by atoms with E-state index in [0.29, 0.717) is 28.1 Å². The lowest BCUT2D eigenvalue weighted by Crippen LogP contribution is -2.00. The quantitative estimate of drug-likeness (QED) is 0.186. The van der Waals surface area contributed by atoms with Gasteiger partial charge in [-0.2, -0.15) is 0 Å². The van der Waals surface area contributed by atoms with E-state index >= 15 is 0 Å². The Bertz CT molecular complexity index is 3380. The molecule has 0 spiro atoms. The number of aromatic nitrogens is 4. The number of para-hydroxylation sites is 3. The number of thiophene rings is 1. The fraction of sp³-hybridized carbons (Fsp3) is 0. The Kier molecular flexibility index (Phi) is 5.08. The first-order valence-corrected chi connectivity index (χ1v) is 17.4. The molecule has 51 heavy (non-hydrogen) atoms. The summed E-state index contributed by atoms with van der Waals surface area (Å²) in [7, 11) is 0. The van der Waals surface area contributed by atoms with E-state index in [1.54, 1.807) is 11.3 Å². The minimum atomic E-state index is -0.484. The second-order valence-electron chi connectivity index (χ2n) is 12.4. The Morgan fingerprint density at radius 1 is 0.529 bits per heavy atom. The molecular formula is C45H26N4OS. The number of nitrogens with zero attached hydrogens (tertiary/aromatic N) is 4. The maximum atomic E-state index is 8.83. The number of benzene rings is 7. The highest BCUT2D eigenvalue weighted by atomic mass is 32.1. The number of furan rings is 1. The van der Waals surface area contributed by atoms with Gasteiger partial charge in [-0.05, 0) is 36.4 Å². The van der Waals surface area contributed by atoms with Gasteiger partial charge in [-0.25, -0.2) is 15.0 Å². The number of rotatable bonds is 4. The van der Waals surface area contributed by atoms with Crippen molar-refractivity contribution in [1.82, 2.24) is 19.5 Å². The molecular weight excluding hydrogens is 645 g/mol. The molecule has 0 amide bonds. The molecule has 4 heterocycles. The average molecular weight is 676 g/mol. The van der Waals surface area contributed by atoms with Crippen molar-refractivity contribution < 1.29 is 11.3 Å². The third kappa shape index (κ3) is 4.30. The van der Waals surface area contributed by atoms with Gasteiger partial charge in [0.1, 0.15) is 5.58 Å². The standard InChI is InChI=1S/C45H26N4OS/c1-2-12-27(13-3-1)43-46-44(28-24-25-32-31-16-6-9-23-39(31)51-40(32)26-28)48-45(47-43)34-18-11-22-38-41(34)33-17-10-21-37(42(33)50-38)49-35-19-7-4-14-29(35)30-15-5-8-20-36(30)49/h1-26H/i1D,2D,3D,12D,13D.